The van der Waals surface area contributed by atoms with Gasteiger partial charge in [0, 0.05) is 18.3 Å². The topological polar surface area (TPSA) is 83.8 Å². The van der Waals surface area contributed by atoms with Crippen LogP contribution in [0, 0.1) is 0 Å². The lowest BCUT2D eigenvalue weighted by Crippen LogP contribution is -2.40. The molecule has 0 bridgehead atoms. The SMILES string of the molecule is NC1CCC(NC(=O)c2c[nH]cn2)CC1. The molecule has 0 radical (unpaired) electrons. The van der Waals surface area contributed by atoms with Crippen molar-refractivity contribution in [1.29, 1.82) is 0 Å². The molecule has 2 rings (SSSR count). The summed E-state index contributed by atoms with van der Waals surface area (Å²) in [6.07, 6.45) is 7.03. The Balaban J connectivity index is 1.85. The molecule has 1 saturated carbocycles. The first-order valence-electron chi connectivity index (χ1n) is 5.31. The first-order valence-corrected chi connectivity index (χ1v) is 5.31. The van der Waals surface area contributed by atoms with Gasteiger partial charge in [0.15, 0.2) is 0 Å². The number of nitrogens with zero attached hydrogens (tertiary/aromatic N) is 1. The number of nitrogens with one attached hydrogen (secondary N) is 2. The molecule has 1 aromatic rings. The van der Waals surface area contributed by atoms with E-state index in [-0.39, 0.29) is 11.9 Å². The van der Waals surface area contributed by atoms with Gasteiger partial charge in [0.2, 0.25) is 0 Å². The minimum absolute atomic E-state index is 0.100. The number of imidazole rings is 1. The number of H-pyrrole nitrogens is 1. The smallest absolute Gasteiger partial charge is 0.271 e. The summed E-state index contributed by atoms with van der Waals surface area (Å²) in [5.41, 5.74) is 6.24. The normalized spacial score (nSPS) is 26.2. The highest BCUT2D eigenvalue weighted by atomic mass is 16.1. The maximum absolute atomic E-state index is 11.6. The molecule has 0 atom stereocenters. The minimum atomic E-state index is -0.100. The van der Waals surface area contributed by atoms with Gasteiger partial charge in [-0.1, -0.05) is 0 Å². The summed E-state index contributed by atoms with van der Waals surface area (Å²) in [5.74, 6) is -0.100. The summed E-state index contributed by atoms with van der Waals surface area (Å²) in [6, 6.07) is 0.567. The Bertz CT molecular complexity index is 314. The van der Waals surface area contributed by atoms with E-state index in [9.17, 15) is 4.79 Å². The summed E-state index contributed by atoms with van der Waals surface area (Å²) in [4.78, 5) is 18.3. The zero-order valence-electron chi connectivity index (χ0n) is 8.57. The maximum Gasteiger partial charge on any atom is 0.271 e. The summed E-state index contributed by atoms with van der Waals surface area (Å²) in [6.45, 7) is 0. The number of hydrogen-bond donors (Lipinski definition) is 3. The van der Waals surface area contributed by atoms with Gasteiger partial charge < -0.3 is 16.0 Å². The van der Waals surface area contributed by atoms with Crippen LogP contribution < -0.4 is 11.1 Å². The monoisotopic (exact) mass is 208 g/mol. The summed E-state index contributed by atoms with van der Waals surface area (Å²) in [5, 5.41) is 2.96. The molecule has 0 aromatic carbocycles. The molecule has 1 heterocycles. The highest BCUT2D eigenvalue weighted by molar-refractivity contribution is 5.92. The Hall–Kier alpha value is -1.36. The summed E-state index contributed by atoms with van der Waals surface area (Å²) in [7, 11) is 0. The third-order valence-electron chi connectivity index (χ3n) is 2.84. The second-order valence-corrected chi connectivity index (χ2v) is 4.04. The van der Waals surface area contributed by atoms with Crippen LogP contribution in [0.25, 0.3) is 0 Å². The molecule has 0 unspecified atom stereocenters. The van der Waals surface area contributed by atoms with Crippen molar-refractivity contribution in [3.63, 3.8) is 0 Å². The van der Waals surface area contributed by atoms with E-state index in [2.05, 4.69) is 15.3 Å². The zero-order chi connectivity index (χ0) is 10.7. The third kappa shape index (κ3) is 2.56. The van der Waals surface area contributed by atoms with Gasteiger partial charge in [-0.3, -0.25) is 4.79 Å². The molecule has 5 nitrogen and oxygen atoms in total. The van der Waals surface area contributed by atoms with E-state index >= 15 is 0 Å². The summed E-state index contributed by atoms with van der Waals surface area (Å²) < 4.78 is 0. The molecule has 0 spiro atoms. The van der Waals surface area contributed by atoms with Crippen molar-refractivity contribution < 1.29 is 4.79 Å². The number of aromatic amines is 1. The molecule has 1 aliphatic carbocycles. The Kier molecular flexibility index (Phi) is 3.01. The van der Waals surface area contributed by atoms with E-state index in [4.69, 9.17) is 5.73 Å². The number of nitrogens with two attached hydrogens (primary N) is 1. The first-order chi connectivity index (χ1) is 7.25. The fourth-order valence-corrected chi connectivity index (χ4v) is 1.91. The molecule has 1 aliphatic rings. The van der Waals surface area contributed by atoms with Gasteiger partial charge in [-0.15, -0.1) is 0 Å². The van der Waals surface area contributed by atoms with Crippen molar-refractivity contribution in [2.24, 2.45) is 5.73 Å². The fourth-order valence-electron chi connectivity index (χ4n) is 1.91. The minimum Gasteiger partial charge on any atom is -0.350 e. The van der Waals surface area contributed by atoms with Gasteiger partial charge in [0.05, 0.1) is 6.33 Å². The molecule has 0 saturated heterocycles. The van der Waals surface area contributed by atoms with E-state index in [0.29, 0.717) is 11.7 Å². The molecular formula is C10H16N4O. The van der Waals surface area contributed by atoms with Crippen molar-refractivity contribution >= 4 is 5.91 Å². The number of carbonyl (C=O) groups excluding carboxylic acids is 1. The van der Waals surface area contributed by atoms with Crippen LogP contribution in [0.4, 0.5) is 0 Å². The summed E-state index contributed by atoms with van der Waals surface area (Å²) >= 11 is 0. The Morgan fingerprint density at radius 2 is 2.20 bits per heavy atom. The number of rotatable bonds is 2. The quantitative estimate of drug-likeness (QED) is 0.658. The molecule has 82 valence electrons. The predicted octanol–water partition coefficient (Wildman–Crippen LogP) is 0.409. The molecule has 5 heteroatoms. The van der Waals surface area contributed by atoms with Gasteiger partial charge in [0.1, 0.15) is 5.69 Å². The number of aromatic nitrogens is 2. The highest BCUT2D eigenvalue weighted by Crippen LogP contribution is 2.17. The number of amides is 1. The van der Waals surface area contributed by atoms with E-state index in [1.54, 1.807) is 6.20 Å². The van der Waals surface area contributed by atoms with E-state index < -0.39 is 0 Å². The van der Waals surface area contributed by atoms with Crippen molar-refractivity contribution in [3.05, 3.63) is 18.2 Å². The lowest BCUT2D eigenvalue weighted by Gasteiger charge is -2.26. The van der Waals surface area contributed by atoms with Gasteiger partial charge in [-0.05, 0) is 25.7 Å². The second-order valence-electron chi connectivity index (χ2n) is 4.04. The first kappa shape index (κ1) is 10.2. The largest absolute Gasteiger partial charge is 0.350 e. The van der Waals surface area contributed by atoms with Crippen LogP contribution in [0.2, 0.25) is 0 Å². The van der Waals surface area contributed by atoms with E-state index in [0.717, 1.165) is 25.7 Å². The molecule has 15 heavy (non-hydrogen) atoms. The van der Waals surface area contributed by atoms with Crippen LogP contribution in [0.3, 0.4) is 0 Å². The van der Waals surface area contributed by atoms with Crippen LogP contribution in [-0.2, 0) is 0 Å². The molecule has 0 aliphatic heterocycles. The molecule has 1 aromatic heterocycles. The molecule has 1 fully saturated rings. The van der Waals surface area contributed by atoms with Gasteiger partial charge in [-0.25, -0.2) is 4.98 Å². The van der Waals surface area contributed by atoms with Crippen molar-refractivity contribution in [3.8, 4) is 0 Å². The zero-order valence-corrected chi connectivity index (χ0v) is 8.57. The van der Waals surface area contributed by atoms with Crippen molar-refractivity contribution in [2.75, 3.05) is 0 Å². The van der Waals surface area contributed by atoms with Gasteiger partial charge >= 0.3 is 0 Å². The maximum atomic E-state index is 11.6. The Morgan fingerprint density at radius 1 is 1.47 bits per heavy atom. The lowest BCUT2D eigenvalue weighted by atomic mass is 9.92. The standard InChI is InChI=1S/C10H16N4O/c11-7-1-3-8(4-2-7)14-10(15)9-5-12-6-13-9/h5-8H,1-4,11H2,(H,12,13)(H,14,15). The van der Waals surface area contributed by atoms with Crippen LogP contribution in [0.15, 0.2) is 12.5 Å². The van der Waals surface area contributed by atoms with E-state index in [1.165, 1.54) is 6.33 Å². The van der Waals surface area contributed by atoms with Crippen LogP contribution >= 0.6 is 0 Å². The molecule has 1 amide bonds. The third-order valence-corrected chi connectivity index (χ3v) is 2.84. The van der Waals surface area contributed by atoms with E-state index in [1.807, 2.05) is 0 Å². The van der Waals surface area contributed by atoms with Gasteiger partial charge in [0.25, 0.3) is 5.91 Å². The van der Waals surface area contributed by atoms with Crippen molar-refractivity contribution in [1.82, 2.24) is 15.3 Å². The van der Waals surface area contributed by atoms with Crippen molar-refractivity contribution in [2.45, 2.75) is 37.8 Å². The molecular weight excluding hydrogens is 192 g/mol. The van der Waals surface area contributed by atoms with Gasteiger partial charge in [-0.2, -0.15) is 0 Å². The lowest BCUT2D eigenvalue weighted by molar-refractivity contribution is 0.0921. The molecule has 4 N–H and O–H groups in total. The number of carbonyl (C=O) groups is 1. The average Bonchev–Trinajstić information content (AvgIpc) is 2.74. The van der Waals surface area contributed by atoms with Crippen LogP contribution in [-0.4, -0.2) is 28.0 Å². The Morgan fingerprint density at radius 3 is 2.80 bits per heavy atom. The van der Waals surface area contributed by atoms with Crippen LogP contribution in [0.5, 0.6) is 0 Å². The second kappa shape index (κ2) is 4.44. The average molecular weight is 208 g/mol. The number of hydrogen-bond acceptors (Lipinski definition) is 3. The highest BCUT2D eigenvalue weighted by Gasteiger charge is 2.20. The predicted molar refractivity (Wildman–Crippen MR) is 56.3 cm³/mol. The Labute approximate surface area is 88.5 Å². The van der Waals surface area contributed by atoms with Crippen LogP contribution in [0.1, 0.15) is 36.2 Å². The fraction of sp³-hybridized carbons (Fsp3) is 0.600.